The van der Waals surface area contributed by atoms with Gasteiger partial charge in [-0.05, 0) is 29.8 Å². The Morgan fingerprint density at radius 1 is 1.13 bits per heavy atom. The molecule has 3 rings (SSSR count). The molecule has 1 aromatic heterocycles. The second-order valence-corrected chi connectivity index (χ2v) is 5.84. The highest BCUT2D eigenvalue weighted by Gasteiger charge is 2.11. The lowest BCUT2D eigenvalue weighted by molar-refractivity contribution is 0.354. The first-order valence-electron chi connectivity index (χ1n) is 6.99. The lowest BCUT2D eigenvalue weighted by atomic mass is 10.2. The highest BCUT2D eigenvalue weighted by atomic mass is 79.9. The van der Waals surface area contributed by atoms with Gasteiger partial charge in [0.1, 0.15) is 0 Å². The third kappa shape index (κ3) is 2.94. The van der Waals surface area contributed by atoms with Crippen LogP contribution in [0.1, 0.15) is 5.56 Å². The van der Waals surface area contributed by atoms with Crippen LogP contribution >= 0.6 is 15.9 Å². The van der Waals surface area contributed by atoms with Gasteiger partial charge in [0.25, 0.3) is 0 Å². The number of nitrogens with zero attached hydrogens (tertiary/aromatic N) is 2. The highest BCUT2D eigenvalue weighted by Crippen LogP contribution is 2.33. The number of fused-ring (bicyclic) bond motifs is 1. The maximum atomic E-state index is 11.9. The number of benzene rings is 2. The Hall–Kier alpha value is -2.34. The van der Waals surface area contributed by atoms with E-state index in [1.54, 1.807) is 25.0 Å². The van der Waals surface area contributed by atoms with Crippen molar-refractivity contribution in [2.45, 2.75) is 6.54 Å². The summed E-state index contributed by atoms with van der Waals surface area (Å²) in [6, 6.07) is 11.2. The topological polar surface area (TPSA) is 53.4 Å². The zero-order chi connectivity index (χ0) is 16.4. The Kier molecular flexibility index (Phi) is 4.34. The Morgan fingerprint density at radius 2 is 1.83 bits per heavy atom. The zero-order valence-electron chi connectivity index (χ0n) is 12.7. The molecule has 0 aliphatic carbocycles. The lowest BCUT2D eigenvalue weighted by Gasteiger charge is -2.14. The van der Waals surface area contributed by atoms with Crippen LogP contribution in [0, 0.1) is 0 Å². The molecule has 0 saturated heterocycles. The fourth-order valence-corrected chi connectivity index (χ4v) is 2.91. The van der Waals surface area contributed by atoms with Crippen molar-refractivity contribution in [1.82, 2.24) is 9.78 Å². The molecule has 5 nitrogen and oxygen atoms in total. The van der Waals surface area contributed by atoms with E-state index in [0.717, 1.165) is 15.6 Å². The minimum absolute atomic E-state index is 0.0803. The van der Waals surface area contributed by atoms with E-state index in [1.807, 2.05) is 30.3 Å². The van der Waals surface area contributed by atoms with E-state index in [2.05, 4.69) is 21.0 Å². The van der Waals surface area contributed by atoms with Gasteiger partial charge < -0.3 is 9.47 Å². The minimum atomic E-state index is -0.0803. The third-order valence-electron chi connectivity index (χ3n) is 3.63. The molecule has 0 spiro atoms. The molecular weight excluding hydrogens is 360 g/mol. The van der Waals surface area contributed by atoms with E-state index in [4.69, 9.17) is 9.47 Å². The maximum Gasteiger partial charge on any atom is 0.207 e. The summed E-state index contributed by atoms with van der Waals surface area (Å²) in [6.45, 7) is 0.502. The van der Waals surface area contributed by atoms with E-state index in [0.29, 0.717) is 23.4 Å². The number of ether oxygens (including phenoxy) is 2. The number of hydrogen-bond donors (Lipinski definition) is 0. The van der Waals surface area contributed by atoms with Gasteiger partial charge in [0.05, 0.1) is 32.5 Å². The van der Waals surface area contributed by atoms with Crippen molar-refractivity contribution < 1.29 is 9.47 Å². The summed E-state index contributed by atoms with van der Waals surface area (Å²) in [4.78, 5) is 11.9. The molecule has 1 heterocycles. The molecular formula is C17H15BrN2O3. The van der Waals surface area contributed by atoms with E-state index in [-0.39, 0.29) is 5.43 Å². The Morgan fingerprint density at radius 3 is 2.57 bits per heavy atom. The zero-order valence-corrected chi connectivity index (χ0v) is 14.3. The highest BCUT2D eigenvalue weighted by molar-refractivity contribution is 9.10. The minimum Gasteiger partial charge on any atom is -0.493 e. The van der Waals surface area contributed by atoms with Gasteiger partial charge in [0.15, 0.2) is 11.5 Å². The van der Waals surface area contributed by atoms with Gasteiger partial charge in [0, 0.05) is 9.86 Å². The van der Waals surface area contributed by atoms with Crippen LogP contribution in [0.25, 0.3) is 10.9 Å². The fraction of sp³-hybridized carbons (Fsp3) is 0.176. The Labute approximate surface area is 141 Å². The van der Waals surface area contributed by atoms with Crippen LogP contribution in [0.4, 0.5) is 0 Å². The van der Waals surface area contributed by atoms with Crippen LogP contribution in [0.3, 0.4) is 0 Å². The molecule has 0 bridgehead atoms. The van der Waals surface area contributed by atoms with Crippen LogP contribution in [0.5, 0.6) is 11.5 Å². The largest absolute Gasteiger partial charge is 0.493 e. The van der Waals surface area contributed by atoms with Crippen molar-refractivity contribution in [3.63, 3.8) is 0 Å². The maximum absolute atomic E-state index is 11.9. The molecule has 0 amide bonds. The number of para-hydroxylation sites is 1. The average molecular weight is 375 g/mol. The molecule has 0 unspecified atom stereocenters. The van der Waals surface area contributed by atoms with Crippen LogP contribution in [-0.4, -0.2) is 24.0 Å². The van der Waals surface area contributed by atoms with Gasteiger partial charge in [-0.1, -0.05) is 28.1 Å². The second kappa shape index (κ2) is 6.42. The predicted molar refractivity (Wildman–Crippen MR) is 92.4 cm³/mol. The molecule has 118 valence electrons. The van der Waals surface area contributed by atoms with Crippen LogP contribution in [-0.2, 0) is 6.54 Å². The molecule has 0 aliphatic rings. The van der Waals surface area contributed by atoms with Gasteiger partial charge in [-0.3, -0.25) is 9.48 Å². The molecule has 0 radical (unpaired) electrons. The van der Waals surface area contributed by atoms with Gasteiger partial charge in [-0.15, -0.1) is 0 Å². The van der Waals surface area contributed by atoms with Crippen molar-refractivity contribution in [3.05, 3.63) is 62.9 Å². The molecule has 6 heteroatoms. The summed E-state index contributed by atoms with van der Waals surface area (Å²) in [5, 5.41) is 4.90. The lowest BCUT2D eigenvalue weighted by Crippen LogP contribution is -2.13. The third-order valence-corrected chi connectivity index (χ3v) is 4.37. The number of aromatic nitrogens is 2. The smallest absolute Gasteiger partial charge is 0.207 e. The molecule has 0 saturated carbocycles. The van der Waals surface area contributed by atoms with Gasteiger partial charge in [-0.2, -0.15) is 5.10 Å². The van der Waals surface area contributed by atoms with E-state index in [1.165, 1.54) is 6.20 Å². The monoisotopic (exact) mass is 374 g/mol. The summed E-state index contributed by atoms with van der Waals surface area (Å²) in [6.07, 6.45) is 1.34. The fourth-order valence-electron chi connectivity index (χ4n) is 2.47. The summed E-state index contributed by atoms with van der Waals surface area (Å²) in [5.74, 6) is 1.30. The first-order valence-corrected chi connectivity index (χ1v) is 7.78. The van der Waals surface area contributed by atoms with E-state index >= 15 is 0 Å². The number of rotatable bonds is 4. The standard InChI is InChI=1S/C17H15BrN2O3/c1-22-16-7-11(13(18)8-17(16)23-2)10-20-14-6-4-3-5-12(14)15(21)9-19-20/h3-9H,10H2,1-2H3. The van der Waals surface area contributed by atoms with Crippen LogP contribution in [0.2, 0.25) is 0 Å². The average Bonchev–Trinajstić information content (AvgIpc) is 2.58. The summed E-state index contributed by atoms with van der Waals surface area (Å²) >= 11 is 3.55. The number of halogens is 1. The molecule has 3 aromatic rings. The molecule has 0 aliphatic heterocycles. The predicted octanol–water partition coefficient (Wildman–Crippen LogP) is 3.22. The quantitative estimate of drug-likeness (QED) is 0.703. The normalized spacial score (nSPS) is 10.7. The van der Waals surface area contributed by atoms with Crippen molar-refractivity contribution in [2.24, 2.45) is 0 Å². The first-order chi connectivity index (χ1) is 11.1. The van der Waals surface area contributed by atoms with Crippen molar-refractivity contribution in [3.8, 4) is 11.5 Å². The molecule has 23 heavy (non-hydrogen) atoms. The molecule has 0 N–H and O–H groups in total. The molecule has 0 atom stereocenters. The summed E-state index contributed by atoms with van der Waals surface area (Å²) in [7, 11) is 3.20. The Bertz CT molecular complexity index is 921. The van der Waals surface area contributed by atoms with Crippen molar-refractivity contribution in [1.29, 1.82) is 0 Å². The van der Waals surface area contributed by atoms with E-state index in [9.17, 15) is 4.79 Å². The van der Waals surface area contributed by atoms with E-state index < -0.39 is 0 Å². The summed E-state index contributed by atoms with van der Waals surface area (Å²) < 4.78 is 13.3. The first kappa shape index (κ1) is 15.6. The van der Waals surface area contributed by atoms with Crippen LogP contribution in [0.15, 0.2) is 51.9 Å². The molecule has 0 fully saturated rings. The van der Waals surface area contributed by atoms with Gasteiger partial charge in [-0.25, -0.2) is 0 Å². The second-order valence-electron chi connectivity index (χ2n) is 4.98. The molecule has 2 aromatic carbocycles. The number of hydrogen-bond acceptors (Lipinski definition) is 4. The van der Waals surface area contributed by atoms with Crippen molar-refractivity contribution in [2.75, 3.05) is 14.2 Å². The van der Waals surface area contributed by atoms with Gasteiger partial charge >= 0.3 is 0 Å². The summed E-state index contributed by atoms with van der Waals surface area (Å²) in [5.41, 5.74) is 1.69. The SMILES string of the molecule is COc1cc(Br)c(Cn2ncc(=O)c3ccccc32)cc1OC. The van der Waals surface area contributed by atoms with Crippen LogP contribution < -0.4 is 14.9 Å². The van der Waals surface area contributed by atoms with Crippen molar-refractivity contribution >= 4 is 26.8 Å². The van der Waals surface area contributed by atoms with Gasteiger partial charge in [0.2, 0.25) is 5.43 Å². The number of methoxy groups -OCH3 is 2. The Balaban J connectivity index is 2.10.